The lowest BCUT2D eigenvalue weighted by Gasteiger charge is -2.13. The standard InChI is InChI=1S/C8H15F3N2OS.ClH/c1-3-12-6(2)4-13-7(14)5-15-8(9,10)11;/h6,12H,3-5H2,1-2H3,(H,13,14);1H/t6-;/m1./s1. The van der Waals surface area contributed by atoms with Crippen molar-refractivity contribution in [1.82, 2.24) is 10.6 Å². The van der Waals surface area contributed by atoms with Crippen molar-refractivity contribution in [2.45, 2.75) is 25.4 Å². The van der Waals surface area contributed by atoms with Gasteiger partial charge in [-0.05, 0) is 25.2 Å². The van der Waals surface area contributed by atoms with Gasteiger partial charge in [0.15, 0.2) is 0 Å². The van der Waals surface area contributed by atoms with Crippen molar-refractivity contribution < 1.29 is 18.0 Å². The maximum Gasteiger partial charge on any atom is 0.442 e. The fourth-order valence-electron chi connectivity index (χ4n) is 0.886. The first kappa shape index (κ1) is 18.2. The van der Waals surface area contributed by atoms with Gasteiger partial charge in [-0.3, -0.25) is 4.79 Å². The highest BCUT2D eigenvalue weighted by atomic mass is 35.5. The second-order valence-electron chi connectivity index (χ2n) is 3.00. The molecule has 98 valence electrons. The topological polar surface area (TPSA) is 41.1 Å². The molecule has 0 radical (unpaired) electrons. The van der Waals surface area contributed by atoms with Crippen LogP contribution in [0.3, 0.4) is 0 Å². The molecule has 0 fully saturated rings. The average Bonchev–Trinajstić information content (AvgIpc) is 2.11. The number of alkyl halides is 3. The van der Waals surface area contributed by atoms with Crippen molar-refractivity contribution >= 4 is 30.1 Å². The Morgan fingerprint density at radius 2 is 2.00 bits per heavy atom. The highest BCUT2D eigenvalue weighted by Crippen LogP contribution is 2.29. The molecule has 1 amide bonds. The molecule has 16 heavy (non-hydrogen) atoms. The molecule has 2 N–H and O–H groups in total. The maximum absolute atomic E-state index is 11.7. The van der Waals surface area contributed by atoms with Crippen LogP contribution >= 0.6 is 24.2 Å². The number of nitrogens with one attached hydrogen (secondary N) is 2. The van der Waals surface area contributed by atoms with Gasteiger partial charge in [-0.25, -0.2) is 0 Å². The molecule has 0 rings (SSSR count). The molecule has 3 nitrogen and oxygen atoms in total. The van der Waals surface area contributed by atoms with E-state index in [9.17, 15) is 18.0 Å². The predicted molar refractivity (Wildman–Crippen MR) is 61.9 cm³/mol. The molecule has 0 bridgehead atoms. The lowest BCUT2D eigenvalue weighted by atomic mass is 10.3. The Morgan fingerprint density at radius 1 is 1.44 bits per heavy atom. The third-order valence-corrected chi connectivity index (χ3v) is 2.26. The zero-order valence-electron chi connectivity index (χ0n) is 9.06. The van der Waals surface area contributed by atoms with Crippen LogP contribution in [-0.4, -0.2) is 36.3 Å². The number of thioether (sulfide) groups is 1. The van der Waals surface area contributed by atoms with Gasteiger partial charge >= 0.3 is 5.51 Å². The summed E-state index contributed by atoms with van der Waals surface area (Å²) in [5.74, 6) is -1.18. The summed E-state index contributed by atoms with van der Waals surface area (Å²) in [6.07, 6.45) is 0. The SMILES string of the molecule is CCN[C@H](C)CNC(=O)CSC(F)(F)F.Cl. The van der Waals surface area contributed by atoms with Gasteiger partial charge in [0.05, 0.1) is 5.75 Å². The molecular weight excluding hydrogens is 265 g/mol. The van der Waals surface area contributed by atoms with Crippen molar-refractivity contribution in [2.75, 3.05) is 18.8 Å². The third-order valence-electron chi connectivity index (χ3n) is 1.52. The number of carbonyl (C=O) groups excluding carboxylic acids is 1. The lowest BCUT2D eigenvalue weighted by molar-refractivity contribution is -0.118. The summed E-state index contributed by atoms with van der Waals surface area (Å²) in [7, 11) is 0. The molecule has 0 aromatic carbocycles. The third kappa shape index (κ3) is 11.9. The molecule has 0 aliphatic carbocycles. The number of amides is 1. The van der Waals surface area contributed by atoms with Crippen LogP contribution in [0.2, 0.25) is 0 Å². The van der Waals surface area contributed by atoms with E-state index in [1.807, 2.05) is 13.8 Å². The van der Waals surface area contributed by atoms with Gasteiger partial charge in [0, 0.05) is 12.6 Å². The van der Waals surface area contributed by atoms with E-state index in [4.69, 9.17) is 0 Å². The smallest absolute Gasteiger partial charge is 0.354 e. The predicted octanol–water partition coefficient (Wildman–Crippen LogP) is 1.78. The zero-order chi connectivity index (χ0) is 11.9. The first-order chi connectivity index (χ1) is 6.85. The van der Waals surface area contributed by atoms with Crippen LogP contribution in [0.25, 0.3) is 0 Å². The number of likely N-dealkylation sites (N-methyl/N-ethyl adjacent to an activating group) is 1. The molecule has 8 heteroatoms. The summed E-state index contributed by atoms with van der Waals surface area (Å²) in [6, 6.07) is 0.0647. The minimum Gasteiger partial charge on any atom is -0.354 e. The first-order valence-corrected chi connectivity index (χ1v) is 5.54. The molecule has 0 aliphatic rings. The van der Waals surface area contributed by atoms with Crippen molar-refractivity contribution in [2.24, 2.45) is 0 Å². The van der Waals surface area contributed by atoms with E-state index < -0.39 is 17.2 Å². The number of hydrogen-bond donors (Lipinski definition) is 2. The number of carbonyl (C=O) groups is 1. The van der Waals surface area contributed by atoms with Gasteiger partial charge in [0.25, 0.3) is 0 Å². The van der Waals surface area contributed by atoms with Gasteiger partial charge in [-0.1, -0.05) is 6.92 Å². The number of hydrogen-bond acceptors (Lipinski definition) is 3. The summed E-state index contributed by atoms with van der Waals surface area (Å²) in [5, 5.41) is 5.45. The Hall–Kier alpha value is -0.140. The van der Waals surface area contributed by atoms with E-state index in [2.05, 4.69) is 10.6 Å². The van der Waals surface area contributed by atoms with E-state index in [0.717, 1.165) is 6.54 Å². The second kappa shape index (κ2) is 8.95. The summed E-state index contributed by atoms with van der Waals surface area (Å²) in [5.41, 5.74) is -4.34. The first-order valence-electron chi connectivity index (χ1n) is 4.56. The van der Waals surface area contributed by atoms with Gasteiger partial charge in [0.2, 0.25) is 5.91 Å². The molecule has 0 aromatic rings. The van der Waals surface area contributed by atoms with Crippen molar-refractivity contribution in [1.29, 1.82) is 0 Å². The monoisotopic (exact) mass is 280 g/mol. The summed E-state index contributed by atoms with van der Waals surface area (Å²) in [6.45, 7) is 4.86. The van der Waals surface area contributed by atoms with Crippen LogP contribution in [0.4, 0.5) is 13.2 Å². The Morgan fingerprint density at radius 3 is 2.44 bits per heavy atom. The van der Waals surface area contributed by atoms with Crippen molar-refractivity contribution in [3.8, 4) is 0 Å². The molecule has 0 aliphatic heterocycles. The normalized spacial score (nSPS) is 12.8. The molecule has 0 saturated carbocycles. The zero-order valence-corrected chi connectivity index (χ0v) is 10.7. The molecule has 1 atom stereocenters. The van der Waals surface area contributed by atoms with Crippen LogP contribution in [0.5, 0.6) is 0 Å². The average molecular weight is 281 g/mol. The Balaban J connectivity index is 0. The van der Waals surface area contributed by atoms with Gasteiger partial charge < -0.3 is 10.6 Å². The van der Waals surface area contributed by atoms with E-state index in [1.54, 1.807) is 0 Å². The molecule has 0 saturated heterocycles. The Labute approximate surface area is 103 Å². The van der Waals surface area contributed by atoms with Crippen LogP contribution in [0.1, 0.15) is 13.8 Å². The van der Waals surface area contributed by atoms with Gasteiger partial charge in [-0.2, -0.15) is 13.2 Å². The Bertz CT molecular complexity index is 204. The molecule has 0 heterocycles. The van der Waals surface area contributed by atoms with E-state index in [0.29, 0.717) is 6.54 Å². The van der Waals surface area contributed by atoms with Gasteiger partial charge in [-0.15, -0.1) is 12.4 Å². The van der Waals surface area contributed by atoms with Crippen molar-refractivity contribution in [3.05, 3.63) is 0 Å². The molecule has 0 aromatic heterocycles. The van der Waals surface area contributed by atoms with Crippen LogP contribution in [0.15, 0.2) is 0 Å². The fourth-order valence-corrected chi connectivity index (χ4v) is 1.28. The number of rotatable bonds is 6. The minimum atomic E-state index is -4.34. The van der Waals surface area contributed by atoms with Crippen LogP contribution < -0.4 is 10.6 Å². The van der Waals surface area contributed by atoms with Gasteiger partial charge in [0.1, 0.15) is 0 Å². The Kier molecular flexibility index (Phi) is 10.2. The van der Waals surface area contributed by atoms with E-state index in [-0.39, 0.29) is 30.2 Å². The van der Waals surface area contributed by atoms with Crippen molar-refractivity contribution in [3.63, 3.8) is 0 Å². The second-order valence-corrected chi connectivity index (χ2v) is 4.04. The summed E-state index contributed by atoms with van der Waals surface area (Å²) < 4.78 is 35.1. The quantitative estimate of drug-likeness (QED) is 0.779. The van der Waals surface area contributed by atoms with Crippen LogP contribution in [0, 0.1) is 0 Å². The van der Waals surface area contributed by atoms with E-state index >= 15 is 0 Å². The molecular formula is C8H16ClF3N2OS. The minimum absolute atomic E-state index is 0. The summed E-state index contributed by atoms with van der Waals surface area (Å²) >= 11 is -0.326. The van der Waals surface area contributed by atoms with E-state index in [1.165, 1.54) is 0 Å². The van der Waals surface area contributed by atoms with Crippen LogP contribution in [-0.2, 0) is 4.79 Å². The molecule has 0 unspecified atom stereocenters. The largest absolute Gasteiger partial charge is 0.442 e. The highest BCUT2D eigenvalue weighted by Gasteiger charge is 2.29. The number of halogens is 4. The maximum atomic E-state index is 11.7. The summed E-state index contributed by atoms with van der Waals surface area (Å²) in [4.78, 5) is 10.9. The molecule has 0 spiro atoms. The fraction of sp³-hybridized carbons (Fsp3) is 0.875. The lowest BCUT2D eigenvalue weighted by Crippen LogP contribution is -2.39. The highest BCUT2D eigenvalue weighted by molar-refractivity contribution is 8.00.